The summed E-state index contributed by atoms with van der Waals surface area (Å²) in [6.07, 6.45) is -0.168. The molecule has 7 heteroatoms. The highest BCUT2D eigenvalue weighted by atomic mass is 16.5. The van der Waals surface area contributed by atoms with E-state index in [1.54, 1.807) is 0 Å². The third-order valence-corrected chi connectivity index (χ3v) is 1.75. The number of aromatic amines is 1. The van der Waals surface area contributed by atoms with Crippen molar-refractivity contribution in [3.8, 4) is 0 Å². The highest BCUT2D eigenvalue weighted by Crippen LogP contribution is 1.98. The first-order valence-electron chi connectivity index (χ1n) is 4.16. The fourth-order valence-corrected chi connectivity index (χ4v) is 1.05. The zero-order valence-corrected chi connectivity index (χ0v) is 7.61. The molecule has 1 amide bonds. The number of nitrogens with one attached hydrogen (secondary N) is 2. The van der Waals surface area contributed by atoms with Crippen LogP contribution in [0.2, 0.25) is 0 Å². The van der Waals surface area contributed by atoms with Crippen molar-refractivity contribution in [1.82, 2.24) is 15.5 Å². The van der Waals surface area contributed by atoms with Gasteiger partial charge in [0.25, 0.3) is 0 Å². The van der Waals surface area contributed by atoms with Gasteiger partial charge in [0.15, 0.2) is 5.82 Å². The Bertz CT molecular complexity index is 356. The average molecular weight is 201 g/mol. The monoisotopic (exact) mass is 201 g/mol. The van der Waals surface area contributed by atoms with E-state index in [2.05, 4.69) is 20.0 Å². The maximum Gasteiger partial charge on any atom is 0.438 e. The summed E-state index contributed by atoms with van der Waals surface area (Å²) in [7, 11) is 0. The summed E-state index contributed by atoms with van der Waals surface area (Å²) in [6, 6.07) is -0.270. The number of amides is 1. The molecule has 7 nitrogen and oxygen atoms in total. The Morgan fingerprint density at radius 1 is 1.79 bits per heavy atom. The van der Waals surface area contributed by atoms with Crippen molar-refractivity contribution in [1.29, 1.82) is 0 Å². The molecular formula is C7H11N3O4. The van der Waals surface area contributed by atoms with Crippen LogP contribution < -0.4 is 11.1 Å². The van der Waals surface area contributed by atoms with Crippen molar-refractivity contribution < 1.29 is 14.4 Å². The summed E-state index contributed by atoms with van der Waals surface area (Å²) in [5.74, 6) is -0.291. The maximum atomic E-state index is 10.6. The molecule has 3 N–H and O–H groups in total. The zero-order valence-electron chi connectivity index (χ0n) is 7.61. The summed E-state index contributed by atoms with van der Waals surface area (Å²) >= 11 is 0. The van der Waals surface area contributed by atoms with Crippen molar-refractivity contribution in [3.63, 3.8) is 0 Å². The molecule has 0 aromatic carbocycles. The molecule has 0 saturated carbocycles. The minimum absolute atomic E-state index is 0.270. The molecule has 0 saturated heterocycles. The maximum absolute atomic E-state index is 10.6. The van der Waals surface area contributed by atoms with Gasteiger partial charge in [-0.15, -0.1) is 0 Å². The summed E-state index contributed by atoms with van der Waals surface area (Å²) in [5, 5.41) is 14.2. The van der Waals surface area contributed by atoms with Crippen molar-refractivity contribution in [2.45, 2.75) is 25.8 Å². The largest absolute Gasteiger partial charge is 0.465 e. The van der Waals surface area contributed by atoms with Crippen LogP contribution in [0.5, 0.6) is 0 Å². The van der Waals surface area contributed by atoms with Crippen molar-refractivity contribution >= 4 is 6.09 Å². The minimum Gasteiger partial charge on any atom is -0.465 e. The van der Waals surface area contributed by atoms with Gasteiger partial charge in [-0.1, -0.05) is 12.1 Å². The lowest BCUT2D eigenvalue weighted by molar-refractivity contribution is 0.189. The molecule has 1 unspecified atom stereocenters. The second-order valence-corrected chi connectivity index (χ2v) is 2.80. The van der Waals surface area contributed by atoms with Gasteiger partial charge in [0.05, 0.1) is 0 Å². The van der Waals surface area contributed by atoms with Crippen LogP contribution in [0.4, 0.5) is 4.79 Å². The van der Waals surface area contributed by atoms with Gasteiger partial charge < -0.3 is 10.4 Å². The number of nitrogens with zero attached hydrogens (tertiary/aromatic N) is 1. The number of carboxylic acid groups (broad SMARTS) is 1. The van der Waals surface area contributed by atoms with Crippen LogP contribution in [-0.4, -0.2) is 27.4 Å². The molecule has 1 aromatic rings. The van der Waals surface area contributed by atoms with Crippen molar-refractivity contribution in [2.24, 2.45) is 0 Å². The van der Waals surface area contributed by atoms with Gasteiger partial charge in [0, 0.05) is 12.5 Å². The summed E-state index contributed by atoms with van der Waals surface area (Å²) in [6.45, 7) is 1.83. The van der Waals surface area contributed by atoms with E-state index in [9.17, 15) is 9.59 Å². The number of H-pyrrole nitrogens is 1. The van der Waals surface area contributed by atoms with Crippen LogP contribution >= 0.6 is 0 Å². The highest BCUT2D eigenvalue weighted by Gasteiger charge is 2.12. The fourth-order valence-electron chi connectivity index (χ4n) is 1.05. The molecule has 0 spiro atoms. The SMILES string of the molecule is CCC(Cc1noc(=O)[nH]1)NC(=O)O. The van der Waals surface area contributed by atoms with Crippen molar-refractivity contribution in [3.05, 3.63) is 16.4 Å². The van der Waals surface area contributed by atoms with Crippen molar-refractivity contribution in [2.75, 3.05) is 0 Å². The van der Waals surface area contributed by atoms with Gasteiger partial charge in [-0.25, -0.2) is 9.59 Å². The third kappa shape index (κ3) is 2.92. The standard InChI is InChI=1S/C7H11N3O4/c1-2-4(8-6(11)12)3-5-9-7(13)14-10-5/h4,8H,2-3H2,1H3,(H,11,12)(H,9,10,13). The quantitative estimate of drug-likeness (QED) is 0.633. The number of carbonyl (C=O) groups is 1. The lowest BCUT2D eigenvalue weighted by Gasteiger charge is -2.11. The Morgan fingerprint density at radius 3 is 2.93 bits per heavy atom. The molecule has 0 aliphatic rings. The van der Waals surface area contributed by atoms with Gasteiger partial charge in [0.2, 0.25) is 0 Å². The normalized spacial score (nSPS) is 12.4. The number of hydrogen-bond donors (Lipinski definition) is 3. The number of hydrogen-bond acceptors (Lipinski definition) is 4. The van der Waals surface area contributed by atoms with E-state index in [-0.39, 0.29) is 6.04 Å². The Labute approximate surface area is 79.1 Å². The van der Waals surface area contributed by atoms with Gasteiger partial charge in [-0.05, 0) is 6.42 Å². The predicted octanol–water partition coefficient (Wildman–Crippen LogP) is -0.0484. The number of aromatic nitrogens is 2. The molecule has 0 aliphatic carbocycles. The summed E-state index contributed by atoms with van der Waals surface area (Å²) in [5.41, 5.74) is 0. The summed E-state index contributed by atoms with van der Waals surface area (Å²) < 4.78 is 4.28. The minimum atomic E-state index is -1.09. The van der Waals surface area contributed by atoms with Crippen LogP contribution in [-0.2, 0) is 6.42 Å². The molecule has 0 aliphatic heterocycles. The molecular weight excluding hydrogens is 190 g/mol. The van der Waals surface area contributed by atoms with E-state index in [0.29, 0.717) is 18.7 Å². The zero-order chi connectivity index (χ0) is 10.6. The van der Waals surface area contributed by atoms with Crippen LogP contribution in [0.3, 0.4) is 0 Å². The van der Waals surface area contributed by atoms with Crippen LogP contribution in [0, 0.1) is 0 Å². The van der Waals surface area contributed by atoms with Crippen LogP contribution in [0.25, 0.3) is 0 Å². The van der Waals surface area contributed by atoms with E-state index in [1.165, 1.54) is 0 Å². The number of rotatable bonds is 4. The second kappa shape index (κ2) is 4.45. The molecule has 1 heterocycles. The molecule has 1 atom stereocenters. The smallest absolute Gasteiger partial charge is 0.438 e. The first kappa shape index (κ1) is 10.3. The summed E-state index contributed by atoms with van der Waals surface area (Å²) in [4.78, 5) is 23.2. The molecule has 78 valence electrons. The molecule has 1 aromatic heterocycles. The van der Waals surface area contributed by atoms with E-state index in [1.807, 2.05) is 6.92 Å². The molecule has 0 radical (unpaired) electrons. The van der Waals surface area contributed by atoms with Crippen LogP contribution in [0.15, 0.2) is 9.32 Å². The fraction of sp³-hybridized carbons (Fsp3) is 0.571. The average Bonchev–Trinajstić information content (AvgIpc) is 2.49. The molecule has 1 rings (SSSR count). The van der Waals surface area contributed by atoms with Gasteiger partial charge in [0.1, 0.15) is 0 Å². The first-order chi connectivity index (χ1) is 6.61. The molecule has 14 heavy (non-hydrogen) atoms. The Kier molecular flexibility index (Phi) is 3.27. The van der Waals surface area contributed by atoms with Gasteiger partial charge >= 0.3 is 11.8 Å². The predicted molar refractivity (Wildman–Crippen MR) is 46.1 cm³/mol. The molecule has 0 bridgehead atoms. The first-order valence-corrected chi connectivity index (χ1v) is 4.16. The lowest BCUT2D eigenvalue weighted by Crippen LogP contribution is -2.35. The van der Waals surface area contributed by atoms with E-state index < -0.39 is 11.8 Å². The second-order valence-electron chi connectivity index (χ2n) is 2.80. The lowest BCUT2D eigenvalue weighted by atomic mass is 10.1. The van der Waals surface area contributed by atoms with E-state index in [4.69, 9.17) is 5.11 Å². The third-order valence-electron chi connectivity index (χ3n) is 1.75. The van der Waals surface area contributed by atoms with Gasteiger partial charge in [-0.3, -0.25) is 9.51 Å². The Hall–Kier alpha value is -1.79. The Morgan fingerprint density at radius 2 is 2.50 bits per heavy atom. The van der Waals surface area contributed by atoms with E-state index in [0.717, 1.165) is 0 Å². The van der Waals surface area contributed by atoms with E-state index >= 15 is 0 Å². The highest BCUT2D eigenvalue weighted by molar-refractivity contribution is 5.64. The topological polar surface area (TPSA) is 108 Å². The Balaban J connectivity index is 2.56. The van der Waals surface area contributed by atoms with Crippen LogP contribution in [0.1, 0.15) is 19.2 Å². The molecule has 0 fully saturated rings. The van der Waals surface area contributed by atoms with Gasteiger partial charge in [-0.2, -0.15) is 0 Å².